The third kappa shape index (κ3) is 7.34. The number of aliphatic carboxylic acids is 1. The Bertz CT molecular complexity index is 325. The van der Waals surface area contributed by atoms with Gasteiger partial charge in [0.25, 0.3) is 0 Å². The average molecular weight is 298 g/mol. The Morgan fingerprint density at radius 3 is 2.29 bits per heavy atom. The monoisotopic (exact) mass is 298 g/mol. The number of rotatable bonds is 10. The van der Waals surface area contributed by atoms with Crippen LogP contribution < -0.4 is 10.6 Å². The fraction of sp³-hybridized carbons (Fsp3) is 0.875. The Morgan fingerprint density at radius 1 is 1.05 bits per heavy atom. The summed E-state index contributed by atoms with van der Waals surface area (Å²) in [7, 11) is 0. The molecular weight excluding hydrogens is 268 g/mol. The van der Waals surface area contributed by atoms with Gasteiger partial charge in [-0.2, -0.15) is 0 Å². The number of unbranched alkanes of at least 4 members (excludes halogenated alkanes) is 5. The number of carboxylic acid groups (broad SMARTS) is 1. The van der Waals surface area contributed by atoms with Crippen molar-refractivity contribution in [1.29, 1.82) is 0 Å². The van der Waals surface area contributed by atoms with Crippen molar-refractivity contribution in [3.8, 4) is 0 Å². The standard InChI is InChI=1S/C16H30N2O3/c1-2-3-4-5-6-9-12-17-15(21)18-16(13-14(19)20)10-7-8-11-16/h2-13H2,1H3,(H,19,20)(H2,17,18,21). The van der Waals surface area contributed by atoms with E-state index in [2.05, 4.69) is 17.6 Å². The third-order valence-corrected chi connectivity index (χ3v) is 4.24. The van der Waals surface area contributed by atoms with Gasteiger partial charge in [-0.1, -0.05) is 51.9 Å². The van der Waals surface area contributed by atoms with Gasteiger partial charge in [-0.15, -0.1) is 0 Å². The van der Waals surface area contributed by atoms with Gasteiger partial charge in [0.05, 0.1) is 12.0 Å². The van der Waals surface area contributed by atoms with E-state index in [1.807, 2.05) is 0 Å². The molecule has 0 aliphatic heterocycles. The van der Waals surface area contributed by atoms with Gasteiger partial charge in [0.1, 0.15) is 0 Å². The first-order valence-electron chi connectivity index (χ1n) is 8.36. The molecule has 5 nitrogen and oxygen atoms in total. The molecule has 0 aromatic heterocycles. The Morgan fingerprint density at radius 2 is 1.67 bits per heavy atom. The summed E-state index contributed by atoms with van der Waals surface area (Å²) < 4.78 is 0. The van der Waals surface area contributed by atoms with Gasteiger partial charge < -0.3 is 15.7 Å². The zero-order chi connectivity index (χ0) is 15.6. The first kappa shape index (κ1) is 17.8. The number of hydrogen-bond donors (Lipinski definition) is 3. The Kier molecular flexibility index (Phi) is 8.16. The summed E-state index contributed by atoms with van der Waals surface area (Å²) in [6.07, 6.45) is 10.7. The quantitative estimate of drug-likeness (QED) is 0.541. The molecule has 0 aromatic carbocycles. The van der Waals surface area contributed by atoms with Crippen molar-refractivity contribution in [2.24, 2.45) is 0 Å². The van der Waals surface area contributed by atoms with Crippen LogP contribution >= 0.6 is 0 Å². The molecule has 122 valence electrons. The number of nitrogens with one attached hydrogen (secondary N) is 2. The van der Waals surface area contributed by atoms with Gasteiger partial charge >= 0.3 is 12.0 Å². The van der Waals surface area contributed by atoms with Crippen molar-refractivity contribution in [2.45, 2.75) is 83.1 Å². The molecule has 1 fully saturated rings. The van der Waals surface area contributed by atoms with E-state index in [1.54, 1.807) is 0 Å². The fourth-order valence-electron chi connectivity index (χ4n) is 3.08. The molecule has 3 N–H and O–H groups in total. The number of carbonyl (C=O) groups is 2. The second-order valence-electron chi connectivity index (χ2n) is 6.21. The van der Waals surface area contributed by atoms with E-state index in [9.17, 15) is 9.59 Å². The molecule has 0 unspecified atom stereocenters. The molecule has 1 rings (SSSR count). The van der Waals surface area contributed by atoms with Gasteiger partial charge in [-0.05, 0) is 19.3 Å². The predicted molar refractivity (Wildman–Crippen MR) is 83.4 cm³/mol. The minimum atomic E-state index is -0.840. The van der Waals surface area contributed by atoms with Crippen molar-refractivity contribution in [3.05, 3.63) is 0 Å². The number of urea groups is 1. The van der Waals surface area contributed by atoms with E-state index < -0.39 is 11.5 Å². The molecule has 2 amide bonds. The fourth-order valence-corrected chi connectivity index (χ4v) is 3.08. The second kappa shape index (κ2) is 9.64. The highest BCUT2D eigenvalue weighted by Gasteiger charge is 2.37. The van der Waals surface area contributed by atoms with Gasteiger partial charge in [0.2, 0.25) is 0 Å². The highest BCUT2D eigenvalue weighted by molar-refractivity contribution is 5.76. The van der Waals surface area contributed by atoms with E-state index >= 15 is 0 Å². The van der Waals surface area contributed by atoms with Crippen LogP contribution in [0, 0.1) is 0 Å². The lowest BCUT2D eigenvalue weighted by atomic mass is 9.93. The van der Waals surface area contributed by atoms with E-state index in [4.69, 9.17) is 5.11 Å². The van der Waals surface area contributed by atoms with E-state index in [0.717, 1.165) is 38.5 Å². The maximum absolute atomic E-state index is 11.9. The summed E-state index contributed by atoms with van der Waals surface area (Å²) in [5.41, 5.74) is -0.531. The predicted octanol–water partition coefficient (Wildman–Crippen LogP) is 3.43. The maximum atomic E-state index is 11.9. The number of carboxylic acids is 1. The number of carbonyl (C=O) groups excluding carboxylic acids is 1. The lowest BCUT2D eigenvalue weighted by Crippen LogP contribution is -2.51. The summed E-state index contributed by atoms with van der Waals surface area (Å²) in [5, 5.41) is 14.8. The number of hydrogen-bond acceptors (Lipinski definition) is 2. The van der Waals surface area contributed by atoms with Gasteiger partial charge in [0, 0.05) is 6.54 Å². The molecule has 0 heterocycles. The molecule has 0 bridgehead atoms. The van der Waals surface area contributed by atoms with Crippen LogP contribution in [-0.4, -0.2) is 29.2 Å². The van der Waals surface area contributed by atoms with Crippen molar-refractivity contribution >= 4 is 12.0 Å². The highest BCUT2D eigenvalue weighted by Crippen LogP contribution is 2.32. The summed E-state index contributed by atoms with van der Waals surface area (Å²) in [6.45, 7) is 2.86. The van der Waals surface area contributed by atoms with Crippen molar-refractivity contribution in [1.82, 2.24) is 10.6 Å². The SMILES string of the molecule is CCCCCCCCNC(=O)NC1(CC(=O)O)CCCC1. The van der Waals surface area contributed by atoms with Crippen LogP contribution in [0.1, 0.15) is 77.6 Å². The van der Waals surface area contributed by atoms with Gasteiger partial charge in [-0.25, -0.2) is 4.79 Å². The molecular formula is C16H30N2O3. The first-order valence-corrected chi connectivity index (χ1v) is 8.36. The Labute approximate surface area is 127 Å². The van der Waals surface area contributed by atoms with Crippen LogP contribution in [0.4, 0.5) is 4.79 Å². The molecule has 0 aromatic rings. The van der Waals surface area contributed by atoms with Crippen LogP contribution in [0.3, 0.4) is 0 Å². The minimum Gasteiger partial charge on any atom is -0.481 e. The van der Waals surface area contributed by atoms with Crippen LogP contribution in [0.25, 0.3) is 0 Å². The van der Waals surface area contributed by atoms with E-state index in [0.29, 0.717) is 6.54 Å². The second-order valence-corrected chi connectivity index (χ2v) is 6.21. The van der Waals surface area contributed by atoms with Crippen molar-refractivity contribution < 1.29 is 14.7 Å². The van der Waals surface area contributed by atoms with Gasteiger partial charge in [-0.3, -0.25) is 4.79 Å². The molecule has 1 aliphatic carbocycles. The summed E-state index contributed by atoms with van der Waals surface area (Å²) in [5.74, 6) is -0.840. The van der Waals surface area contributed by atoms with Crippen LogP contribution in [-0.2, 0) is 4.79 Å². The minimum absolute atomic E-state index is 0.0252. The largest absolute Gasteiger partial charge is 0.481 e. The van der Waals surface area contributed by atoms with Crippen LogP contribution in [0.15, 0.2) is 0 Å². The molecule has 5 heteroatoms. The molecule has 0 atom stereocenters. The van der Waals surface area contributed by atoms with Crippen molar-refractivity contribution in [2.75, 3.05) is 6.54 Å². The maximum Gasteiger partial charge on any atom is 0.315 e. The smallest absolute Gasteiger partial charge is 0.315 e. The molecule has 21 heavy (non-hydrogen) atoms. The van der Waals surface area contributed by atoms with Crippen molar-refractivity contribution in [3.63, 3.8) is 0 Å². The summed E-state index contributed by atoms with van der Waals surface area (Å²) >= 11 is 0. The van der Waals surface area contributed by atoms with Gasteiger partial charge in [0.15, 0.2) is 0 Å². The van der Waals surface area contributed by atoms with Crippen LogP contribution in [0.2, 0.25) is 0 Å². The molecule has 1 aliphatic rings. The lowest BCUT2D eigenvalue weighted by molar-refractivity contribution is -0.138. The third-order valence-electron chi connectivity index (χ3n) is 4.24. The highest BCUT2D eigenvalue weighted by atomic mass is 16.4. The molecule has 0 saturated heterocycles. The summed E-state index contributed by atoms with van der Waals surface area (Å²) in [4.78, 5) is 22.9. The molecule has 0 spiro atoms. The Balaban J connectivity index is 2.18. The zero-order valence-corrected chi connectivity index (χ0v) is 13.2. The summed E-state index contributed by atoms with van der Waals surface area (Å²) in [6, 6.07) is -0.216. The number of amides is 2. The normalized spacial score (nSPS) is 16.6. The van der Waals surface area contributed by atoms with E-state index in [1.165, 1.54) is 25.7 Å². The van der Waals surface area contributed by atoms with Crippen LogP contribution in [0.5, 0.6) is 0 Å². The Hall–Kier alpha value is -1.26. The average Bonchev–Trinajstić information content (AvgIpc) is 2.84. The first-order chi connectivity index (χ1) is 10.1. The topological polar surface area (TPSA) is 78.4 Å². The molecule has 1 saturated carbocycles. The van der Waals surface area contributed by atoms with E-state index in [-0.39, 0.29) is 12.5 Å². The molecule has 0 radical (unpaired) electrons. The lowest BCUT2D eigenvalue weighted by Gasteiger charge is -2.28. The zero-order valence-electron chi connectivity index (χ0n) is 13.2.